The van der Waals surface area contributed by atoms with Gasteiger partial charge in [0.05, 0.1) is 18.6 Å². The number of hydrogen-bond acceptors (Lipinski definition) is 14. The van der Waals surface area contributed by atoms with Crippen molar-refractivity contribution < 1.29 is 29.4 Å². The summed E-state index contributed by atoms with van der Waals surface area (Å²) < 4.78 is 10.3. The molecule has 17 heteroatoms. The van der Waals surface area contributed by atoms with Crippen molar-refractivity contribution in [1.29, 1.82) is 0 Å². The van der Waals surface area contributed by atoms with Crippen LogP contribution in [0, 0.1) is 0 Å². The van der Waals surface area contributed by atoms with Crippen LogP contribution in [0.3, 0.4) is 0 Å². The third-order valence-corrected chi connectivity index (χ3v) is 8.71. The molecular weight excluding hydrogens is 692 g/mol. The first-order valence-corrected chi connectivity index (χ1v) is 16.8. The largest absolute Gasteiger partial charge is 0.462 e. The second kappa shape index (κ2) is 18.1. The second-order valence-electron chi connectivity index (χ2n) is 11.5. The standard InChI is InChI=1S/C18H19N5O2.C17H18ClN3O3.H4N2.H2O/c1-2-25-18(24)13-9-12-15(19)22-23-17(12)21-16(13)20-14-8-4-6-10-5-3-7-11(10)14;1-2-23-17(22)12-9-14(24-19)15(18)21-16(12)20-13-8-4-6-10-5-3-7-11(10)13;1-2;/h4,6,8-9H,2-3,5,7H2,1H3,(H4,19,20,21,22,23);4,6,8-9H,2-3,5,7,19H2,1H3,(H,20,21);1-2H2;1H2. The SMILES string of the molecule is CCOC(=O)c1cc(ON)c(Cl)nc1Nc1cccc2c1CCC2.CCOC(=O)c1cc2c(N)[nH]nc2nc1Nc1cccc2c1CCC2.NN.O. The van der Waals surface area contributed by atoms with Gasteiger partial charge in [-0.3, -0.25) is 16.8 Å². The summed E-state index contributed by atoms with van der Waals surface area (Å²) in [6.45, 7) is 4.05. The third kappa shape index (κ3) is 8.50. The fourth-order valence-corrected chi connectivity index (χ4v) is 6.35. The normalized spacial score (nSPS) is 12.2. The van der Waals surface area contributed by atoms with Crippen LogP contribution >= 0.6 is 11.6 Å². The van der Waals surface area contributed by atoms with Crippen LogP contribution < -0.4 is 38.8 Å². The van der Waals surface area contributed by atoms with E-state index < -0.39 is 11.9 Å². The number of benzene rings is 2. The van der Waals surface area contributed by atoms with Crippen LogP contribution in [0.4, 0.5) is 28.8 Å². The predicted octanol–water partition coefficient (Wildman–Crippen LogP) is 4.34. The highest BCUT2D eigenvalue weighted by Gasteiger charge is 2.23. The maximum atomic E-state index is 12.4. The van der Waals surface area contributed by atoms with Crippen molar-refractivity contribution in [3.05, 3.63) is 87.1 Å². The Morgan fingerprint density at radius 3 is 1.87 bits per heavy atom. The first-order chi connectivity index (χ1) is 24.8. The van der Waals surface area contributed by atoms with Gasteiger partial charge in [0.25, 0.3) is 0 Å². The zero-order valence-corrected chi connectivity index (χ0v) is 29.6. The lowest BCUT2D eigenvalue weighted by molar-refractivity contribution is 0.0517. The molecule has 3 aromatic heterocycles. The number of hydrazine groups is 1. The number of nitrogens with two attached hydrogens (primary N) is 4. The zero-order chi connectivity index (χ0) is 36.5. The molecule has 0 spiro atoms. The molecule has 0 aliphatic heterocycles. The number of hydrogen-bond donors (Lipinski definition) is 7. The van der Waals surface area contributed by atoms with Crippen molar-refractivity contribution in [3.8, 4) is 5.75 Å². The fraction of sp³-hybridized carbons (Fsp3) is 0.286. The molecule has 0 radical (unpaired) electrons. The minimum Gasteiger partial charge on any atom is -0.462 e. The van der Waals surface area contributed by atoms with E-state index in [0.29, 0.717) is 34.1 Å². The number of aromatic amines is 1. The van der Waals surface area contributed by atoms with Gasteiger partial charge in [-0.2, -0.15) is 11.0 Å². The number of aromatic nitrogens is 4. The third-order valence-electron chi connectivity index (χ3n) is 8.43. The molecule has 0 amide bonds. The lowest BCUT2D eigenvalue weighted by Gasteiger charge is -2.15. The highest BCUT2D eigenvalue weighted by Crippen LogP contribution is 2.35. The van der Waals surface area contributed by atoms with Crippen LogP contribution in [-0.2, 0) is 35.2 Å². The minimum atomic E-state index is -0.518. The number of fused-ring (bicyclic) bond motifs is 3. The summed E-state index contributed by atoms with van der Waals surface area (Å²) in [5.41, 5.74) is 13.9. The summed E-state index contributed by atoms with van der Waals surface area (Å²) in [6.07, 6.45) is 6.41. The first kappa shape index (κ1) is 39.3. The molecular formula is C35H43ClN10O6. The molecule has 7 rings (SSSR count). The average Bonchev–Trinajstić information content (AvgIpc) is 3.91. The number of esters is 2. The second-order valence-corrected chi connectivity index (χ2v) is 11.8. The molecule has 0 atom stereocenters. The van der Waals surface area contributed by atoms with Gasteiger partial charge < -0.3 is 36.2 Å². The Bertz CT molecular complexity index is 2040. The number of nitrogens with one attached hydrogen (secondary N) is 3. The van der Waals surface area contributed by atoms with Gasteiger partial charge in [0.2, 0.25) is 0 Å². The number of rotatable bonds is 9. The summed E-state index contributed by atoms with van der Waals surface area (Å²) in [5.74, 6) is 13.5. The number of pyridine rings is 2. The van der Waals surface area contributed by atoms with Crippen LogP contribution in [0.25, 0.3) is 11.0 Å². The Labute approximate surface area is 304 Å². The molecule has 2 aromatic carbocycles. The van der Waals surface area contributed by atoms with Crippen molar-refractivity contribution in [2.75, 3.05) is 29.6 Å². The van der Waals surface area contributed by atoms with E-state index in [0.717, 1.165) is 49.9 Å². The van der Waals surface area contributed by atoms with E-state index in [1.165, 1.54) is 28.3 Å². The van der Waals surface area contributed by atoms with Crippen LogP contribution in [0.2, 0.25) is 5.15 Å². The number of anilines is 5. The molecule has 276 valence electrons. The molecule has 3 heterocycles. The Balaban J connectivity index is 0.000000218. The predicted molar refractivity (Wildman–Crippen MR) is 200 cm³/mol. The number of nitrogen functional groups attached to an aromatic ring is 1. The number of carbonyl (C=O) groups excluding carboxylic acids is 2. The Morgan fingerprint density at radius 2 is 1.35 bits per heavy atom. The van der Waals surface area contributed by atoms with Crippen molar-refractivity contribution in [1.82, 2.24) is 20.2 Å². The summed E-state index contributed by atoms with van der Waals surface area (Å²) in [7, 11) is 0. The zero-order valence-electron chi connectivity index (χ0n) is 28.8. The van der Waals surface area contributed by atoms with Crippen LogP contribution in [0.1, 0.15) is 69.7 Å². The minimum absolute atomic E-state index is 0. The van der Waals surface area contributed by atoms with Gasteiger partial charge in [-0.05, 0) is 92.8 Å². The quantitative estimate of drug-likeness (QED) is 0.0480. The summed E-state index contributed by atoms with van der Waals surface area (Å²) in [4.78, 5) is 38.0. The van der Waals surface area contributed by atoms with Crippen molar-refractivity contribution in [2.45, 2.75) is 52.4 Å². The van der Waals surface area contributed by atoms with Gasteiger partial charge in [-0.1, -0.05) is 35.9 Å². The van der Waals surface area contributed by atoms with Crippen LogP contribution in [-0.4, -0.2) is 50.8 Å². The molecule has 13 N–H and O–H groups in total. The molecule has 16 nitrogen and oxygen atoms in total. The van der Waals surface area contributed by atoms with Gasteiger partial charge in [-0.25, -0.2) is 19.6 Å². The number of ether oxygens (including phenoxy) is 2. The van der Waals surface area contributed by atoms with Gasteiger partial charge in [0.15, 0.2) is 16.5 Å². The van der Waals surface area contributed by atoms with Gasteiger partial charge in [0, 0.05) is 17.4 Å². The number of H-pyrrole nitrogens is 1. The highest BCUT2D eigenvalue weighted by atomic mass is 35.5. The number of nitrogens with zero attached hydrogens (tertiary/aromatic N) is 3. The van der Waals surface area contributed by atoms with Crippen molar-refractivity contribution >= 4 is 63.4 Å². The van der Waals surface area contributed by atoms with E-state index in [-0.39, 0.29) is 35.2 Å². The highest BCUT2D eigenvalue weighted by molar-refractivity contribution is 6.31. The maximum absolute atomic E-state index is 12.4. The van der Waals surface area contributed by atoms with Gasteiger partial charge >= 0.3 is 11.9 Å². The maximum Gasteiger partial charge on any atom is 0.342 e. The molecule has 0 bridgehead atoms. The van der Waals surface area contributed by atoms with E-state index >= 15 is 0 Å². The summed E-state index contributed by atoms with van der Waals surface area (Å²) >= 11 is 6.06. The fourth-order valence-electron chi connectivity index (χ4n) is 6.16. The van der Waals surface area contributed by atoms with E-state index in [2.05, 4.69) is 59.5 Å². The van der Waals surface area contributed by atoms with E-state index in [9.17, 15) is 9.59 Å². The van der Waals surface area contributed by atoms with E-state index in [4.69, 9.17) is 32.7 Å². The summed E-state index contributed by atoms with van der Waals surface area (Å²) in [6, 6.07) is 15.3. The van der Waals surface area contributed by atoms with Crippen molar-refractivity contribution in [3.63, 3.8) is 0 Å². The summed E-state index contributed by atoms with van der Waals surface area (Å²) in [5, 5.41) is 14.0. The molecule has 0 unspecified atom stereocenters. The van der Waals surface area contributed by atoms with E-state index in [1.54, 1.807) is 19.9 Å². The Morgan fingerprint density at radius 1 is 0.827 bits per heavy atom. The molecule has 0 saturated heterocycles. The van der Waals surface area contributed by atoms with Crippen LogP contribution in [0.5, 0.6) is 5.75 Å². The Kier molecular flexibility index (Phi) is 13.7. The topological polar surface area (TPSA) is 276 Å². The lowest BCUT2D eigenvalue weighted by Crippen LogP contribution is -2.12. The van der Waals surface area contributed by atoms with Crippen LogP contribution in [0.15, 0.2) is 48.5 Å². The number of aryl methyl sites for hydroxylation is 2. The molecule has 2 aliphatic rings. The van der Waals surface area contributed by atoms with Gasteiger partial charge in [0.1, 0.15) is 28.6 Å². The number of halogens is 1. The Hall–Kier alpha value is -5.52. The molecule has 2 aliphatic carbocycles. The average molecular weight is 735 g/mol. The van der Waals surface area contributed by atoms with Gasteiger partial charge in [-0.15, -0.1) is 0 Å². The number of carbonyl (C=O) groups is 2. The lowest BCUT2D eigenvalue weighted by atomic mass is 10.1. The monoisotopic (exact) mass is 734 g/mol. The molecule has 52 heavy (non-hydrogen) atoms. The van der Waals surface area contributed by atoms with Crippen molar-refractivity contribution in [2.24, 2.45) is 17.6 Å². The first-order valence-electron chi connectivity index (χ1n) is 16.5. The molecule has 5 aromatic rings. The smallest absolute Gasteiger partial charge is 0.342 e. The molecule has 0 fully saturated rings. The van der Waals surface area contributed by atoms with E-state index in [1.807, 2.05) is 24.3 Å². The molecule has 0 saturated carbocycles.